The zero-order valence-electron chi connectivity index (χ0n) is 13.7. The predicted octanol–water partition coefficient (Wildman–Crippen LogP) is 2.38. The van der Waals surface area contributed by atoms with Gasteiger partial charge in [0.1, 0.15) is 5.69 Å². The molecule has 0 bridgehead atoms. The second-order valence-electron chi connectivity index (χ2n) is 6.13. The Morgan fingerprint density at radius 1 is 1.28 bits per heavy atom. The van der Waals surface area contributed by atoms with Gasteiger partial charge in [0.05, 0.1) is 4.92 Å². The van der Waals surface area contributed by atoms with Gasteiger partial charge in [0.15, 0.2) is 0 Å². The van der Waals surface area contributed by atoms with Gasteiger partial charge in [0.25, 0.3) is 11.6 Å². The summed E-state index contributed by atoms with van der Waals surface area (Å²) >= 11 is 0. The molecule has 2 aromatic carbocycles. The van der Waals surface area contributed by atoms with E-state index in [9.17, 15) is 14.9 Å². The van der Waals surface area contributed by atoms with Crippen LogP contribution in [0.1, 0.15) is 22.3 Å². The maximum atomic E-state index is 12.5. The van der Waals surface area contributed by atoms with Crippen molar-refractivity contribution >= 4 is 17.3 Å². The van der Waals surface area contributed by atoms with Crippen LogP contribution in [-0.4, -0.2) is 34.9 Å². The summed E-state index contributed by atoms with van der Waals surface area (Å²) in [6.45, 7) is 1.54. The van der Waals surface area contributed by atoms with Crippen molar-refractivity contribution in [1.82, 2.24) is 4.90 Å². The summed E-state index contributed by atoms with van der Waals surface area (Å²) in [6.07, 6.45) is 0.755. The lowest BCUT2D eigenvalue weighted by Crippen LogP contribution is -2.31. The molecule has 1 aliphatic rings. The van der Waals surface area contributed by atoms with Crippen LogP contribution in [0, 0.1) is 10.1 Å². The molecule has 1 heterocycles. The van der Waals surface area contributed by atoms with Crippen LogP contribution in [0.4, 0.5) is 11.4 Å². The molecule has 130 valence electrons. The van der Waals surface area contributed by atoms with E-state index in [2.05, 4.69) is 5.32 Å². The Hall–Kier alpha value is -2.93. The molecule has 3 rings (SSSR count). The van der Waals surface area contributed by atoms with E-state index in [0.717, 1.165) is 12.0 Å². The van der Waals surface area contributed by atoms with Gasteiger partial charge < -0.3 is 16.0 Å². The minimum absolute atomic E-state index is 0.0225. The highest BCUT2D eigenvalue weighted by atomic mass is 16.6. The lowest BCUT2D eigenvalue weighted by atomic mass is 10.1. The largest absolute Gasteiger partial charge is 0.375 e. The molecule has 7 nitrogen and oxygen atoms in total. The van der Waals surface area contributed by atoms with Crippen molar-refractivity contribution in [2.45, 2.75) is 19.0 Å². The number of nitrogens with zero attached hydrogens (tertiary/aromatic N) is 2. The van der Waals surface area contributed by atoms with Crippen LogP contribution in [0.15, 0.2) is 48.5 Å². The number of nitro groups is 1. The quantitative estimate of drug-likeness (QED) is 0.643. The fourth-order valence-corrected chi connectivity index (χ4v) is 2.91. The Labute approximate surface area is 145 Å². The summed E-state index contributed by atoms with van der Waals surface area (Å²) in [7, 11) is 0. The molecule has 1 fully saturated rings. The van der Waals surface area contributed by atoms with Crippen LogP contribution in [0.3, 0.4) is 0 Å². The first-order valence-corrected chi connectivity index (χ1v) is 8.15. The molecule has 1 saturated heterocycles. The minimum atomic E-state index is -0.472. The van der Waals surface area contributed by atoms with E-state index in [1.54, 1.807) is 17.0 Å². The second-order valence-corrected chi connectivity index (χ2v) is 6.13. The number of anilines is 1. The van der Waals surface area contributed by atoms with Crippen molar-refractivity contribution < 1.29 is 9.72 Å². The summed E-state index contributed by atoms with van der Waals surface area (Å²) in [5.41, 5.74) is 7.44. The minimum Gasteiger partial charge on any atom is -0.375 e. The van der Waals surface area contributed by atoms with Crippen LogP contribution in [0.25, 0.3) is 0 Å². The maximum Gasteiger partial charge on any atom is 0.293 e. The van der Waals surface area contributed by atoms with Gasteiger partial charge >= 0.3 is 0 Å². The Balaban J connectivity index is 1.78. The van der Waals surface area contributed by atoms with Crippen LogP contribution >= 0.6 is 0 Å². The molecule has 1 atom stereocenters. The lowest BCUT2D eigenvalue weighted by Gasteiger charge is -2.16. The van der Waals surface area contributed by atoms with Crippen LogP contribution in [0.5, 0.6) is 0 Å². The molecule has 3 N–H and O–H groups in total. The highest BCUT2D eigenvalue weighted by Gasteiger charge is 2.26. The number of nitro benzene ring substituents is 1. The number of rotatable bonds is 5. The average molecular weight is 340 g/mol. The molecule has 2 aromatic rings. The summed E-state index contributed by atoms with van der Waals surface area (Å²) in [6, 6.07) is 14.1. The van der Waals surface area contributed by atoms with Gasteiger partial charge in [-0.2, -0.15) is 0 Å². The van der Waals surface area contributed by atoms with Gasteiger partial charge in [0.2, 0.25) is 0 Å². The summed E-state index contributed by atoms with van der Waals surface area (Å²) in [5, 5.41) is 14.5. The standard InChI is InChI=1S/C18H20N4O3/c19-15-8-9-21(12-15)18(23)14-6-7-16(17(10-14)22(24)25)20-11-13-4-2-1-3-5-13/h1-7,10,15,20H,8-9,11-12,19H2/t15-/m1/s1. The highest BCUT2D eigenvalue weighted by Crippen LogP contribution is 2.27. The van der Waals surface area contributed by atoms with Crippen molar-refractivity contribution in [2.24, 2.45) is 5.73 Å². The highest BCUT2D eigenvalue weighted by molar-refractivity contribution is 5.96. The Morgan fingerprint density at radius 3 is 2.68 bits per heavy atom. The molecule has 7 heteroatoms. The number of amides is 1. The first-order chi connectivity index (χ1) is 12.0. The molecule has 0 saturated carbocycles. The summed E-state index contributed by atoms with van der Waals surface area (Å²) in [4.78, 5) is 25.1. The first-order valence-electron chi connectivity index (χ1n) is 8.15. The molecular weight excluding hydrogens is 320 g/mol. The zero-order valence-corrected chi connectivity index (χ0v) is 13.7. The fraction of sp³-hybridized carbons (Fsp3) is 0.278. The third-order valence-electron chi connectivity index (χ3n) is 4.28. The molecule has 25 heavy (non-hydrogen) atoms. The third kappa shape index (κ3) is 3.95. The molecule has 1 amide bonds. The van der Waals surface area contributed by atoms with E-state index >= 15 is 0 Å². The lowest BCUT2D eigenvalue weighted by molar-refractivity contribution is -0.384. The normalized spacial score (nSPS) is 16.7. The van der Waals surface area contributed by atoms with Crippen LogP contribution in [0.2, 0.25) is 0 Å². The second kappa shape index (κ2) is 7.31. The van der Waals surface area contributed by atoms with E-state index in [0.29, 0.717) is 30.9 Å². The third-order valence-corrected chi connectivity index (χ3v) is 4.28. The van der Waals surface area contributed by atoms with Crippen LogP contribution in [-0.2, 0) is 6.54 Å². The SMILES string of the molecule is N[C@@H]1CCN(C(=O)c2ccc(NCc3ccccc3)c([N+](=O)[O-])c2)C1. The van der Waals surface area contributed by atoms with Crippen molar-refractivity contribution in [3.8, 4) is 0 Å². The summed E-state index contributed by atoms with van der Waals surface area (Å²) < 4.78 is 0. The van der Waals surface area contributed by atoms with Crippen molar-refractivity contribution in [3.05, 3.63) is 69.8 Å². The van der Waals surface area contributed by atoms with Crippen LogP contribution < -0.4 is 11.1 Å². The number of benzene rings is 2. The number of carbonyl (C=O) groups excluding carboxylic acids is 1. The number of likely N-dealkylation sites (tertiary alicyclic amines) is 1. The van der Waals surface area contributed by atoms with Crippen molar-refractivity contribution in [2.75, 3.05) is 18.4 Å². The van der Waals surface area contributed by atoms with Gasteiger partial charge in [-0.25, -0.2) is 0 Å². The van der Waals surface area contributed by atoms with Gasteiger partial charge in [-0.1, -0.05) is 30.3 Å². The monoisotopic (exact) mass is 340 g/mol. The van der Waals surface area contributed by atoms with E-state index in [-0.39, 0.29) is 17.6 Å². The molecule has 0 unspecified atom stereocenters. The number of carbonyl (C=O) groups is 1. The maximum absolute atomic E-state index is 12.5. The zero-order chi connectivity index (χ0) is 17.8. The van der Waals surface area contributed by atoms with Gasteiger partial charge in [-0.3, -0.25) is 14.9 Å². The van der Waals surface area contributed by atoms with E-state index < -0.39 is 4.92 Å². The van der Waals surface area contributed by atoms with Gasteiger partial charge in [-0.15, -0.1) is 0 Å². The van der Waals surface area contributed by atoms with Crippen molar-refractivity contribution in [1.29, 1.82) is 0 Å². The smallest absolute Gasteiger partial charge is 0.293 e. The molecule has 0 aliphatic carbocycles. The van der Waals surface area contributed by atoms with Crippen molar-refractivity contribution in [3.63, 3.8) is 0 Å². The van der Waals surface area contributed by atoms with E-state index in [1.165, 1.54) is 6.07 Å². The Kier molecular flexibility index (Phi) is 4.95. The Morgan fingerprint density at radius 2 is 2.04 bits per heavy atom. The molecule has 0 aromatic heterocycles. The van der Waals surface area contributed by atoms with E-state index in [4.69, 9.17) is 5.73 Å². The predicted molar refractivity (Wildman–Crippen MR) is 95.4 cm³/mol. The number of hydrogen-bond acceptors (Lipinski definition) is 5. The Bertz CT molecular complexity index is 779. The molecule has 1 aliphatic heterocycles. The van der Waals surface area contributed by atoms with E-state index in [1.807, 2.05) is 30.3 Å². The van der Waals surface area contributed by atoms with Gasteiger partial charge in [-0.05, 0) is 24.1 Å². The number of nitrogens with one attached hydrogen (secondary N) is 1. The topological polar surface area (TPSA) is 102 Å². The van der Waals surface area contributed by atoms with Gasteiger partial charge in [0, 0.05) is 37.3 Å². The number of nitrogens with two attached hydrogens (primary N) is 1. The average Bonchev–Trinajstić information content (AvgIpc) is 3.06. The molecule has 0 spiro atoms. The summed E-state index contributed by atoms with van der Waals surface area (Å²) in [5.74, 6) is -0.217. The molecule has 0 radical (unpaired) electrons. The fourth-order valence-electron chi connectivity index (χ4n) is 2.91. The first kappa shape index (κ1) is 16.9. The molecular formula is C18H20N4O3. The number of hydrogen-bond donors (Lipinski definition) is 2.